The quantitative estimate of drug-likeness (QED) is 0.935. The van der Waals surface area contributed by atoms with Crippen LogP contribution in [0, 0.1) is 0 Å². The summed E-state index contributed by atoms with van der Waals surface area (Å²) >= 11 is 2.11. The Morgan fingerprint density at radius 3 is 3.24 bits per heavy atom. The first kappa shape index (κ1) is 13.3. The maximum atomic E-state index is 4.42. The van der Waals surface area contributed by atoms with Crippen molar-refractivity contribution in [3.05, 3.63) is 36.3 Å². The second-order valence-electron chi connectivity index (χ2n) is 5.94. The van der Waals surface area contributed by atoms with Crippen molar-refractivity contribution in [2.75, 3.05) is 17.6 Å². The van der Waals surface area contributed by atoms with Gasteiger partial charge in [0.25, 0.3) is 0 Å². The molecule has 1 atom stereocenters. The van der Waals surface area contributed by atoms with Crippen LogP contribution in [0.3, 0.4) is 0 Å². The molecular formula is C17H21N3S. The lowest BCUT2D eigenvalue weighted by Crippen LogP contribution is -2.14. The predicted octanol–water partition coefficient (Wildman–Crippen LogP) is 3.80. The Morgan fingerprint density at radius 2 is 2.33 bits per heavy atom. The summed E-state index contributed by atoms with van der Waals surface area (Å²) in [5, 5.41) is 4.35. The van der Waals surface area contributed by atoms with Crippen molar-refractivity contribution in [2.24, 2.45) is 0 Å². The summed E-state index contributed by atoms with van der Waals surface area (Å²) in [4.78, 5) is 4.42. The highest BCUT2D eigenvalue weighted by Gasteiger charge is 2.20. The number of nitrogens with zero attached hydrogens (tertiary/aromatic N) is 2. The number of hydrogen-bond donors (Lipinski definition) is 1. The van der Waals surface area contributed by atoms with Gasteiger partial charge in [-0.3, -0.25) is 0 Å². The van der Waals surface area contributed by atoms with E-state index in [2.05, 4.69) is 44.8 Å². The fraction of sp³-hybridized carbons (Fsp3) is 0.471. The molecule has 110 valence electrons. The summed E-state index contributed by atoms with van der Waals surface area (Å²) in [5.74, 6) is 1.32. The number of hydrogen-bond acceptors (Lipinski definition) is 3. The number of nitrogens with one attached hydrogen (secondary N) is 1. The smallest absolute Gasteiger partial charge is 0.0951 e. The second kappa shape index (κ2) is 5.76. The van der Waals surface area contributed by atoms with E-state index in [9.17, 15) is 0 Å². The van der Waals surface area contributed by atoms with Crippen LogP contribution in [0.4, 0.5) is 5.69 Å². The second-order valence-corrected chi connectivity index (χ2v) is 7.34. The number of fused-ring (bicyclic) bond motifs is 1. The molecule has 1 saturated heterocycles. The van der Waals surface area contributed by atoms with Crippen LogP contribution >= 0.6 is 11.8 Å². The molecule has 0 radical (unpaired) electrons. The lowest BCUT2D eigenvalue weighted by atomic mass is 9.98. The molecular weight excluding hydrogens is 278 g/mol. The maximum absolute atomic E-state index is 4.42. The van der Waals surface area contributed by atoms with Gasteiger partial charge in [0.1, 0.15) is 0 Å². The highest BCUT2D eigenvalue weighted by atomic mass is 32.2. The zero-order valence-electron chi connectivity index (χ0n) is 12.2. The molecule has 4 rings (SSSR count). The summed E-state index contributed by atoms with van der Waals surface area (Å²) in [6.45, 7) is 2.17. The fourth-order valence-electron chi connectivity index (χ4n) is 3.42. The van der Waals surface area contributed by atoms with Gasteiger partial charge in [-0.1, -0.05) is 18.2 Å². The van der Waals surface area contributed by atoms with Crippen LogP contribution in [0.25, 0.3) is 11.3 Å². The third kappa shape index (κ3) is 2.57. The van der Waals surface area contributed by atoms with Gasteiger partial charge in [-0.2, -0.15) is 11.8 Å². The monoisotopic (exact) mass is 299 g/mol. The Kier molecular flexibility index (Phi) is 3.63. The lowest BCUT2D eigenvalue weighted by molar-refractivity contribution is 0.642. The third-order valence-electron chi connectivity index (χ3n) is 4.49. The van der Waals surface area contributed by atoms with Crippen molar-refractivity contribution in [2.45, 2.75) is 37.5 Å². The number of para-hydroxylation sites is 1. The third-order valence-corrected chi connectivity index (χ3v) is 5.87. The van der Waals surface area contributed by atoms with Crippen LogP contribution < -0.4 is 5.32 Å². The Morgan fingerprint density at radius 1 is 1.33 bits per heavy atom. The molecule has 1 N–H and O–H groups in total. The van der Waals surface area contributed by atoms with Gasteiger partial charge in [-0.15, -0.1) is 0 Å². The zero-order valence-corrected chi connectivity index (χ0v) is 13.0. The van der Waals surface area contributed by atoms with E-state index in [4.69, 9.17) is 0 Å². The van der Waals surface area contributed by atoms with Crippen molar-refractivity contribution in [1.29, 1.82) is 0 Å². The van der Waals surface area contributed by atoms with E-state index in [1.54, 1.807) is 0 Å². The predicted molar refractivity (Wildman–Crippen MR) is 90.0 cm³/mol. The van der Waals surface area contributed by atoms with Gasteiger partial charge in [0.2, 0.25) is 0 Å². The van der Waals surface area contributed by atoms with Crippen LogP contribution in [0.15, 0.2) is 30.7 Å². The summed E-state index contributed by atoms with van der Waals surface area (Å²) in [7, 11) is 0. The molecule has 1 aromatic carbocycles. The fourth-order valence-corrected chi connectivity index (χ4v) is 4.69. The summed E-state index contributed by atoms with van der Waals surface area (Å²) in [5.41, 5.74) is 5.34. The molecule has 0 amide bonds. The number of aromatic nitrogens is 2. The molecule has 4 heteroatoms. The Hall–Kier alpha value is -1.42. The molecule has 0 bridgehead atoms. The topological polar surface area (TPSA) is 29.9 Å². The number of thioether (sulfide) groups is 1. The van der Waals surface area contributed by atoms with E-state index in [1.807, 2.05) is 12.5 Å². The average molecular weight is 299 g/mol. The molecule has 2 aromatic rings. The minimum atomic E-state index is 0.755. The molecule has 2 aliphatic heterocycles. The molecule has 0 spiro atoms. The number of benzene rings is 1. The molecule has 0 saturated carbocycles. The van der Waals surface area contributed by atoms with Gasteiger partial charge >= 0.3 is 0 Å². The first-order valence-corrected chi connectivity index (χ1v) is 8.94. The molecule has 0 aliphatic carbocycles. The number of anilines is 1. The number of aryl methyl sites for hydroxylation is 1. The van der Waals surface area contributed by atoms with E-state index in [0.717, 1.165) is 18.3 Å². The Balaban J connectivity index is 1.69. The van der Waals surface area contributed by atoms with Crippen LogP contribution in [0.5, 0.6) is 0 Å². The van der Waals surface area contributed by atoms with Crippen molar-refractivity contribution < 1.29 is 0 Å². The minimum Gasteiger partial charge on any atom is -0.384 e. The van der Waals surface area contributed by atoms with E-state index in [1.165, 1.54) is 53.9 Å². The first-order valence-electron chi connectivity index (χ1n) is 7.90. The van der Waals surface area contributed by atoms with E-state index in [-0.39, 0.29) is 0 Å². The lowest BCUT2D eigenvalue weighted by Gasteiger charge is -2.22. The molecule has 3 nitrogen and oxygen atoms in total. The number of rotatable bonds is 3. The van der Waals surface area contributed by atoms with Gasteiger partial charge in [0.15, 0.2) is 0 Å². The standard InChI is InChI=1S/C17H21N3S/c1-4-13-5-2-8-19-17(13)15(7-1)16-10-18-12-20(16)11-14-6-3-9-21-14/h1,4,7,10,12,14,19H,2-3,5-6,8-9,11H2. The first-order chi connectivity index (χ1) is 10.4. The zero-order chi connectivity index (χ0) is 14.1. The number of imidazole rings is 1. The molecule has 2 aliphatic rings. The molecule has 1 unspecified atom stereocenters. The van der Waals surface area contributed by atoms with Crippen molar-refractivity contribution in [3.8, 4) is 11.3 Å². The van der Waals surface area contributed by atoms with Crippen molar-refractivity contribution in [1.82, 2.24) is 9.55 Å². The van der Waals surface area contributed by atoms with Gasteiger partial charge in [0, 0.05) is 29.6 Å². The van der Waals surface area contributed by atoms with Crippen LogP contribution in [0.1, 0.15) is 24.8 Å². The van der Waals surface area contributed by atoms with Crippen LogP contribution in [0.2, 0.25) is 0 Å². The van der Waals surface area contributed by atoms with Gasteiger partial charge in [-0.05, 0) is 37.0 Å². The van der Waals surface area contributed by atoms with E-state index in [0.29, 0.717) is 0 Å². The molecule has 3 heterocycles. The molecule has 21 heavy (non-hydrogen) atoms. The van der Waals surface area contributed by atoms with Crippen LogP contribution in [-0.2, 0) is 13.0 Å². The van der Waals surface area contributed by atoms with Gasteiger partial charge in [-0.25, -0.2) is 4.98 Å². The largest absolute Gasteiger partial charge is 0.384 e. The summed E-state index contributed by atoms with van der Waals surface area (Å²) in [6, 6.07) is 6.66. The summed E-state index contributed by atoms with van der Waals surface area (Å²) < 4.78 is 2.34. The van der Waals surface area contributed by atoms with Gasteiger partial charge in [0.05, 0.1) is 18.2 Å². The minimum absolute atomic E-state index is 0.755. The Bertz CT molecular complexity index is 629. The molecule has 1 aromatic heterocycles. The van der Waals surface area contributed by atoms with Gasteiger partial charge < -0.3 is 9.88 Å². The highest BCUT2D eigenvalue weighted by Crippen LogP contribution is 2.35. The summed E-state index contributed by atoms with van der Waals surface area (Å²) in [6.07, 6.45) is 9.13. The van der Waals surface area contributed by atoms with E-state index < -0.39 is 0 Å². The van der Waals surface area contributed by atoms with E-state index >= 15 is 0 Å². The SMILES string of the molecule is c1cc2c(c(-c3cncn3CC3CCCS3)c1)NCCC2. The van der Waals surface area contributed by atoms with Crippen molar-refractivity contribution >= 4 is 17.4 Å². The Labute approximate surface area is 130 Å². The van der Waals surface area contributed by atoms with Crippen LogP contribution in [-0.4, -0.2) is 27.1 Å². The average Bonchev–Trinajstić information content (AvgIpc) is 3.19. The molecule has 1 fully saturated rings. The normalized spacial score (nSPS) is 21.0. The highest BCUT2D eigenvalue weighted by molar-refractivity contribution is 8.00. The van der Waals surface area contributed by atoms with Crippen molar-refractivity contribution in [3.63, 3.8) is 0 Å². The maximum Gasteiger partial charge on any atom is 0.0951 e.